The van der Waals surface area contributed by atoms with E-state index >= 15 is 0 Å². The summed E-state index contributed by atoms with van der Waals surface area (Å²) >= 11 is 0. The predicted octanol–water partition coefficient (Wildman–Crippen LogP) is 3.96. The average molecular weight is 403 g/mol. The Labute approximate surface area is 168 Å². The summed E-state index contributed by atoms with van der Waals surface area (Å²) < 4.78 is 29.0. The summed E-state index contributed by atoms with van der Waals surface area (Å²) in [5, 5.41) is 0. The molecule has 0 atom stereocenters. The highest BCUT2D eigenvalue weighted by atomic mass is 19.1. The molecule has 2 rings (SSSR count). The number of carbonyl (C=O) groups is 3. The molecule has 29 heavy (non-hydrogen) atoms. The van der Waals surface area contributed by atoms with Crippen LogP contribution < -0.4 is 9.47 Å². The van der Waals surface area contributed by atoms with Gasteiger partial charge in [-0.1, -0.05) is 0 Å². The minimum Gasteiger partial charge on any atom is -0.492 e. The molecule has 0 aliphatic carbocycles. The van der Waals surface area contributed by atoms with Crippen molar-refractivity contribution in [1.82, 2.24) is 4.90 Å². The van der Waals surface area contributed by atoms with E-state index in [2.05, 4.69) is 0 Å². The lowest BCUT2D eigenvalue weighted by atomic mass is 10.3. The van der Waals surface area contributed by atoms with Gasteiger partial charge in [0.1, 0.15) is 29.7 Å². The number of ether oxygens (including phenoxy) is 3. The molecule has 0 heterocycles. The van der Waals surface area contributed by atoms with Gasteiger partial charge in [0.15, 0.2) is 0 Å². The van der Waals surface area contributed by atoms with E-state index in [9.17, 15) is 18.8 Å². The van der Waals surface area contributed by atoms with Crippen LogP contribution in [0.3, 0.4) is 0 Å². The third-order valence-corrected chi connectivity index (χ3v) is 3.56. The van der Waals surface area contributed by atoms with E-state index in [-0.39, 0.29) is 19.0 Å². The van der Waals surface area contributed by atoms with Gasteiger partial charge in [-0.15, -0.1) is 0 Å². The maximum absolute atomic E-state index is 12.9. The van der Waals surface area contributed by atoms with Crippen molar-refractivity contribution in [3.05, 3.63) is 54.3 Å². The van der Waals surface area contributed by atoms with Gasteiger partial charge in [-0.05, 0) is 62.4 Å². The van der Waals surface area contributed by atoms with Crippen LogP contribution in [0.4, 0.5) is 9.18 Å². The van der Waals surface area contributed by atoms with Crippen molar-refractivity contribution in [1.29, 1.82) is 0 Å². The molecule has 8 heteroatoms. The maximum Gasteiger partial charge on any atom is 0.417 e. The Bertz CT molecular complexity index is 848. The summed E-state index contributed by atoms with van der Waals surface area (Å²) in [6.07, 6.45) is -1.33. The molecule has 154 valence electrons. The molecule has 2 amide bonds. The van der Waals surface area contributed by atoms with Crippen LogP contribution in [0, 0.1) is 5.82 Å². The second-order valence-corrected chi connectivity index (χ2v) is 6.32. The molecule has 0 aromatic heterocycles. The lowest BCUT2D eigenvalue weighted by Crippen LogP contribution is -2.43. The standard InChI is InChI=1S/C21H22FNO6/c1-14(2)28-21(26)23(20(25)15(3)24)12-13-27-17-8-10-19(11-9-17)29-18-6-4-16(22)5-7-18/h4-11,14H,12-13H2,1-3H3. The Morgan fingerprint density at radius 1 is 0.931 bits per heavy atom. The van der Waals surface area contributed by atoms with Gasteiger partial charge in [0.25, 0.3) is 5.91 Å². The van der Waals surface area contributed by atoms with E-state index in [0.29, 0.717) is 22.1 Å². The fourth-order valence-electron chi connectivity index (χ4n) is 2.23. The van der Waals surface area contributed by atoms with Crippen molar-refractivity contribution in [2.75, 3.05) is 13.2 Å². The lowest BCUT2D eigenvalue weighted by molar-refractivity contribution is -0.142. The number of hydrogen-bond acceptors (Lipinski definition) is 6. The molecular weight excluding hydrogens is 381 g/mol. The number of amides is 2. The van der Waals surface area contributed by atoms with Gasteiger partial charge in [0, 0.05) is 6.92 Å². The third-order valence-electron chi connectivity index (χ3n) is 3.56. The van der Waals surface area contributed by atoms with Crippen LogP contribution in [0.15, 0.2) is 48.5 Å². The second-order valence-electron chi connectivity index (χ2n) is 6.32. The number of halogens is 1. The van der Waals surface area contributed by atoms with Gasteiger partial charge in [-0.3, -0.25) is 9.59 Å². The Morgan fingerprint density at radius 3 is 1.97 bits per heavy atom. The number of ketones is 1. The third kappa shape index (κ3) is 6.91. The van der Waals surface area contributed by atoms with Crippen LogP contribution in [0.5, 0.6) is 17.2 Å². The fourth-order valence-corrected chi connectivity index (χ4v) is 2.23. The number of Topliss-reactive ketones (excluding diaryl/α,β-unsaturated/α-hetero) is 1. The quantitative estimate of drug-likeness (QED) is 0.621. The molecule has 0 unspecified atom stereocenters. The van der Waals surface area contributed by atoms with E-state index in [1.54, 1.807) is 38.1 Å². The Kier molecular flexibility index (Phi) is 7.70. The van der Waals surface area contributed by atoms with Gasteiger partial charge in [0.2, 0.25) is 5.78 Å². The van der Waals surface area contributed by atoms with Gasteiger partial charge in [0.05, 0.1) is 12.6 Å². The number of hydrogen-bond donors (Lipinski definition) is 0. The van der Waals surface area contributed by atoms with E-state index in [1.807, 2.05) is 0 Å². The molecule has 0 aliphatic heterocycles. The maximum atomic E-state index is 12.9. The first-order valence-electron chi connectivity index (χ1n) is 8.95. The molecule has 0 radical (unpaired) electrons. The molecule has 0 saturated carbocycles. The van der Waals surface area contributed by atoms with Crippen molar-refractivity contribution < 1.29 is 33.0 Å². The Balaban J connectivity index is 1.91. The number of rotatable bonds is 8. The van der Waals surface area contributed by atoms with Crippen LogP contribution >= 0.6 is 0 Å². The molecule has 2 aromatic carbocycles. The zero-order valence-electron chi connectivity index (χ0n) is 16.4. The average Bonchev–Trinajstić information content (AvgIpc) is 2.67. The number of benzene rings is 2. The summed E-state index contributed by atoms with van der Waals surface area (Å²) in [6.45, 7) is 4.20. The SMILES string of the molecule is CC(=O)C(=O)N(CCOc1ccc(Oc2ccc(F)cc2)cc1)C(=O)OC(C)C. The molecular formula is C21H22FNO6. The van der Waals surface area contributed by atoms with Gasteiger partial charge < -0.3 is 14.2 Å². The largest absolute Gasteiger partial charge is 0.492 e. The van der Waals surface area contributed by atoms with E-state index < -0.39 is 23.9 Å². The number of imide groups is 1. The van der Waals surface area contributed by atoms with E-state index in [0.717, 1.165) is 6.92 Å². The Morgan fingerprint density at radius 2 is 1.45 bits per heavy atom. The minimum absolute atomic E-state index is 0.0234. The van der Waals surface area contributed by atoms with Crippen molar-refractivity contribution >= 4 is 17.8 Å². The normalized spacial score (nSPS) is 10.4. The topological polar surface area (TPSA) is 82.1 Å². The van der Waals surface area contributed by atoms with Crippen molar-refractivity contribution in [3.8, 4) is 17.2 Å². The molecule has 0 bridgehead atoms. The molecule has 7 nitrogen and oxygen atoms in total. The van der Waals surface area contributed by atoms with E-state index in [1.165, 1.54) is 24.3 Å². The molecule has 2 aromatic rings. The molecule has 0 saturated heterocycles. The highest BCUT2D eigenvalue weighted by Crippen LogP contribution is 2.24. The summed E-state index contributed by atoms with van der Waals surface area (Å²) in [4.78, 5) is 36.0. The van der Waals surface area contributed by atoms with Crippen LogP contribution in [0.1, 0.15) is 20.8 Å². The molecule has 0 fully saturated rings. The van der Waals surface area contributed by atoms with Crippen molar-refractivity contribution in [2.45, 2.75) is 26.9 Å². The van der Waals surface area contributed by atoms with Crippen LogP contribution in [-0.4, -0.2) is 41.9 Å². The summed E-state index contributed by atoms with van der Waals surface area (Å²) in [7, 11) is 0. The van der Waals surface area contributed by atoms with Gasteiger partial charge in [-0.2, -0.15) is 0 Å². The Hall–Kier alpha value is -3.42. The zero-order chi connectivity index (χ0) is 21.4. The summed E-state index contributed by atoms with van der Waals surface area (Å²) in [5.41, 5.74) is 0. The van der Waals surface area contributed by atoms with Crippen LogP contribution in [-0.2, 0) is 14.3 Å². The van der Waals surface area contributed by atoms with Crippen LogP contribution in [0.25, 0.3) is 0 Å². The summed E-state index contributed by atoms with van der Waals surface area (Å²) in [5.74, 6) is -0.588. The highest BCUT2D eigenvalue weighted by molar-refractivity contribution is 6.37. The second kappa shape index (κ2) is 10.2. The van der Waals surface area contributed by atoms with Gasteiger partial charge >= 0.3 is 6.09 Å². The zero-order valence-corrected chi connectivity index (χ0v) is 16.4. The van der Waals surface area contributed by atoms with Gasteiger partial charge in [-0.25, -0.2) is 14.1 Å². The van der Waals surface area contributed by atoms with Crippen molar-refractivity contribution in [2.24, 2.45) is 0 Å². The minimum atomic E-state index is -0.956. The van der Waals surface area contributed by atoms with E-state index in [4.69, 9.17) is 14.2 Å². The number of carbonyl (C=O) groups excluding carboxylic acids is 3. The monoisotopic (exact) mass is 403 g/mol. The smallest absolute Gasteiger partial charge is 0.417 e. The van der Waals surface area contributed by atoms with Crippen molar-refractivity contribution in [3.63, 3.8) is 0 Å². The summed E-state index contributed by atoms with van der Waals surface area (Å²) in [6, 6.07) is 12.2. The fraction of sp³-hybridized carbons (Fsp3) is 0.286. The molecule has 0 spiro atoms. The molecule has 0 aliphatic rings. The molecule has 0 N–H and O–H groups in total. The lowest BCUT2D eigenvalue weighted by Gasteiger charge is -2.20. The number of nitrogens with zero attached hydrogens (tertiary/aromatic N) is 1. The first kappa shape index (κ1) is 21.9. The predicted molar refractivity (Wildman–Crippen MR) is 102 cm³/mol. The van der Waals surface area contributed by atoms with Crippen LogP contribution in [0.2, 0.25) is 0 Å². The first-order chi connectivity index (χ1) is 13.8. The first-order valence-corrected chi connectivity index (χ1v) is 8.95. The highest BCUT2D eigenvalue weighted by Gasteiger charge is 2.26.